The predicted molar refractivity (Wildman–Crippen MR) is 76.5 cm³/mol. The van der Waals surface area contributed by atoms with Gasteiger partial charge < -0.3 is 0 Å². The number of hydrogen-bond acceptors (Lipinski definition) is 2. The molecule has 18 heavy (non-hydrogen) atoms. The zero-order valence-electron chi connectivity index (χ0n) is 9.38. The summed E-state index contributed by atoms with van der Waals surface area (Å²) >= 11 is 11.2. The maximum absolute atomic E-state index is 5.88. The van der Waals surface area contributed by atoms with Crippen LogP contribution in [0.2, 0.25) is 5.02 Å². The Bertz CT molecular complexity index is 763. The predicted octanol–water partition coefficient (Wildman–Crippen LogP) is 4.38. The van der Waals surface area contributed by atoms with Crippen LogP contribution >= 0.6 is 23.8 Å². The summed E-state index contributed by atoms with van der Waals surface area (Å²) in [5, 5.41) is 0.715. The van der Waals surface area contributed by atoms with Crippen LogP contribution in [0.15, 0.2) is 54.7 Å². The minimum Gasteiger partial charge on any atom is -0.293 e. The van der Waals surface area contributed by atoms with E-state index in [-0.39, 0.29) is 0 Å². The highest BCUT2D eigenvalue weighted by molar-refractivity contribution is 7.71. The van der Waals surface area contributed by atoms with E-state index in [1.54, 1.807) is 0 Å². The SMILES string of the molecule is S=c1nc(-c2ccc(Cl)cc2)cc2ccccn12. The molecule has 0 aliphatic heterocycles. The van der Waals surface area contributed by atoms with E-state index in [2.05, 4.69) is 4.98 Å². The summed E-state index contributed by atoms with van der Waals surface area (Å²) in [5.41, 5.74) is 2.90. The molecular formula is C14H9ClN2S. The molecule has 0 unspecified atom stereocenters. The first-order valence-corrected chi connectivity index (χ1v) is 6.27. The van der Waals surface area contributed by atoms with Gasteiger partial charge in [-0.15, -0.1) is 0 Å². The number of fused-ring (bicyclic) bond motifs is 1. The molecule has 0 atom stereocenters. The van der Waals surface area contributed by atoms with Crippen molar-refractivity contribution in [3.8, 4) is 11.3 Å². The molecule has 0 spiro atoms. The number of pyridine rings is 1. The number of benzene rings is 1. The fourth-order valence-electron chi connectivity index (χ4n) is 1.85. The van der Waals surface area contributed by atoms with Gasteiger partial charge in [0.05, 0.1) is 5.69 Å². The third-order valence-electron chi connectivity index (χ3n) is 2.74. The Balaban J connectivity index is 2.24. The number of halogens is 1. The van der Waals surface area contributed by atoms with Crippen molar-refractivity contribution in [2.24, 2.45) is 0 Å². The van der Waals surface area contributed by atoms with Gasteiger partial charge in [-0.05, 0) is 42.5 Å². The molecule has 0 N–H and O–H groups in total. The summed E-state index contributed by atoms with van der Waals surface area (Å²) in [6.45, 7) is 0. The van der Waals surface area contributed by atoms with Gasteiger partial charge in [0.15, 0.2) is 0 Å². The summed E-state index contributed by atoms with van der Waals surface area (Å²) in [6, 6.07) is 15.5. The van der Waals surface area contributed by atoms with Crippen LogP contribution in [0.5, 0.6) is 0 Å². The summed E-state index contributed by atoms with van der Waals surface area (Å²) in [5.74, 6) is 0. The van der Waals surface area contributed by atoms with Gasteiger partial charge in [-0.1, -0.05) is 29.8 Å². The number of nitrogens with zero attached hydrogens (tertiary/aromatic N) is 2. The maximum atomic E-state index is 5.88. The third-order valence-corrected chi connectivity index (χ3v) is 3.28. The molecule has 0 bridgehead atoms. The molecule has 0 saturated carbocycles. The second-order valence-corrected chi connectivity index (χ2v) is 4.73. The lowest BCUT2D eigenvalue weighted by Crippen LogP contribution is -1.94. The molecule has 3 rings (SSSR count). The van der Waals surface area contributed by atoms with Crippen molar-refractivity contribution in [1.82, 2.24) is 9.38 Å². The standard InChI is InChI=1S/C14H9ClN2S/c15-11-6-4-10(5-7-11)13-9-12-3-1-2-8-17(12)14(18)16-13/h1-9H. The molecule has 2 heterocycles. The number of hydrogen-bond donors (Lipinski definition) is 0. The van der Waals surface area contributed by atoms with Crippen LogP contribution < -0.4 is 0 Å². The lowest BCUT2D eigenvalue weighted by molar-refractivity contribution is 1.05. The van der Waals surface area contributed by atoms with Gasteiger partial charge in [-0.2, -0.15) is 0 Å². The fraction of sp³-hybridized carbons (Fsp3) is 0. The van der Waals surface area contributed by atoms with Gasteiger partial charge in [0, 0.05) is 22.3 Å². The normalized spacial score (nSPS) is 10.7. The van der Waals surface area contributed by atoms with Crippen LogP contribution in [0.4, 0.5) is 0 Å². The van der Waals surface area contributed by atoms with Gasteiger partial charge in [0.2, 0.25) is 4.77 Å². The Morgan fingerprint density at radius 3 is 2.61 bits per heavy atom. The lowest BCUT2D eigenvalue weighted by Gasteiger charge is -2.05. The molecule has 0 saturated heterocycles. The van der Waals surface area contributed by atoms with Crippen molar-refractivity contribution < 1.29 is 0 Å². The van der Waals surface area contributed by atoms with Gasteiger partial charge in [-0.3, -0.25) is 4.40 Å². The summed E-state index contributed by atoms with van der Waals surface area (Å²) < 4.78 is 2.44. The molecule has 3 aromatic rings. The smallest absolute Gasteiger partial charge is 0.204 e. The average molecular weight is 273 g/mol. The topological polar surface area (TPSA) is 17.3 Å². The molecule has 0 radical (unpaired) electrons. The second kappa shape index (κ2) is 4.52. The minimum atomic E-state index is 0.554. The van der Waals surface area contributed by atoms with Crippen LogP contribution in [0.1, 0.15) is 0 Å². The van der Waals surface area contributed by atoms with Gasteiger partial charge in [-0.25, -0.2) is 4.98 Å². The molecule has 1 aromatic carbocycles. The van der Waals surface area contributed by atoms with E-state index in [0.717, 1.165) is 16.8 Å². The van der Waals surface area contributed by atoms with Crippen LogP contribution in [0, 0.1) is 4.77 Å². The molecule has 0 aliphatic rings. The van der Waals surface area contributed by atoms with Gasteiger partial charge in [0.25, 0.3) is 0 Å². The highest BCUT2D eigenvalue weighted by Gasteiger charge is 2.02. The van der Waals surface area contributed by atoms with E-state index < -0.39 is 0 Å². The van der Waals surface area contributed by atoms with Crippen molar-refractivity contribution in [3.63, 3.8) is 0 Å². The molecule has 4 heteroatoms. The first kappa shape index (κ1) is 11.4. The Labute approximate surface area is 114 Å². The second-order valence-electron chi connectivity index (χ2n) is 3.93. The molecule has 0 fully saturated rings. The summed E-state index contributed by atoms with van der Waals surface area (Å²) in [7, 11) is 0. The fourth-order valence-corrected chi connectivity index (χ4v) is 2.24. The molecule has 2 nitrogen and oxygen atoms in total. The van der Waals surface area contributed by atoms with E-state index in [4.69, 9.17) is 23.8 Å². The number of aromatic nitrogens is 2. The first-order chi connectivity index (χ1) is 8.74. The van der Waals surface area contributed by atoms with Gasteiger partial charge in [0.1, 0.15) is 0 Å². The summed E-state index contributed by atoms with van der Waals surface area (Å²) in [4.78, 5) is 4.44. The van der Waals surface area contributed by atoms with E-state index >= 15 is 0 Å². The summed E-state index contributed by atoms with van der Waals surface area (Å²) in [6.07, 6.45) is 1.91. The quantitative estimate of drug-likeness (QED) is 0.612. The van der Waals surface area contributed by atoms with Crippen LogP contribution in [0.3, 0.4) is 0 Å². The Hall–Kier alpha value is -1.71. The third kappa shape index (κ3) is 2.03. The lowest BCUT2D eigenvalue weighted by atomic mass is 10.1. The van der Waals surface area contributed by atoms with Crippen LogP contribution in [-0.2, 0) is 0 Å². The highest BCUT2D eigenvalue weighted by Crippen LogP contribution is 2.21. The van der Waals surface area contributed by atoms with Crippen molar-refractivity contribution in [2.75, 3.05) is 0 Å². The minimum absolute atomic E-state index is 0.554. The van der Waals surface area contributed by atoms with E-state index in [1.807, 2.05) is 59.1 Å². The molecule has 88 valence electrons. The Morgan fingerprint density at radius 2 is 1.83 bits per heavy atom. The molecular weight excluding hydrogens is 264 g/mol. The zero-order valence-corrected chi connectivity index (χ0v) is 10.9. The van der Waals surface area contributed by atoms with E-state index in [9.17, 15) is 0 Å². The van der Waals surface area contributed by atoms with E-state index in [0.29, 0.717) is 9.79 Å². The van der Waals surface area contributed by atoms with Crippen molar-refractivity contribution in [3.05, 3.63) is 64.5 Å². The maximum Gasteiger partial charge on any atom is 0.204 e. The average Bonchev–Trinajstić information content (AvgIpc) is 2.39. The molecule has 2 aromatic heterocycles. The Morgan fingerprint density at radius 1 is 1.06 bits per heavy atom. The zero-order chi connectivity index (χ0) is 12.5. The van der Waals surface area contributed by atoms with Crippen molar-refractivity contribution in [1.29, 1.82) is 0 Å². The van der Waals surface area contributed by atoms with Crippen molar-refractivity contribution >= 4 is 29.3 Å². The first-order valence-electron chi connectivity index (χ1n) is 5.48. The number of rotatable bonds is 1. The monoisotopic (exact) mass is 272 g/mol. The van der Waals surface area contributed by atoms with Crippen LogP contribution in [0.25, 0.3) is 16.8 Å². The highest BCUT2D eigenvalue weighted by atomic mass is 35.5. The molecule has 0 amide bonds. The van der Waals surface area contributed by atoms with E-state index in [1.165, 1.54) is 0 Å². The van der Waals surface area contributed by atoms with Crippen molar-refractivity contribution in [2.45, 2.75) is 0 Å². The Kier molecular flexibility index (Phi) is 2.86. The molecule has 0 aliphatic carbocycles. The largest absolute Gasteiger partial charge is 0.293 e. The van der Waals surface area contributed by atoms with Gasteiger partial charge >= 0.3 is 0 Å². The van der Waals surface area contributed by atoms with Crippen LogP contribution in [-0.4, -0.2) is 9.38 Å².